The van der Waals surface area contributed by atoms with Gasteiger partial charge in [-0.1, -0.05) is 13.0 Å². The molecule has 0 aromatic carbocycles. The van der Waals surface area contributed by atoms with Crippen LogP contribution in [0, 0.1) is 0 Å². The van der Waals surface area contributed by atoms with Crippen molar-refractivity contribution in [1.29, 1.82) is 0 Å². The Balaban J connectivity index is 3.19. The van der Waals surface area contributed by atoms with Crippen molar-refractivity contribution in [2.24, 2.45) is 0 Å². The van der Waals surface area contributed by atoms with Crippen LogP contribution in [0.5, 0.6) is 0 Å². The third-order valence-electron chi connectivity index (χ3n) is 1.80. The molecule has 0 aliphatic heterocycles. The van der Waals surface area contributed by atoms with Crippen LogP contribution in [0.3, 0.4) is 0 Å². The van der Waals surface area contributed by atoms with Crippen LogP contribution in [0.4, 0.5) is 0 Å². The molecule has 0 heterocycles. The SMILES string of the molecule is CCOC(CC)COCCC[SiH3]. The molecule has 1 unspecified atom stereocenters. The molecule has 0 saturated heterocycles. The first kappa shape index (κ1) is 12.1. The van der Waals surface area contributed by atoms with Crippen molar-refractivity contribution < 1.29 is 9.47 Å². The molecule has 0 fully saturated rings. The van der Waals surface area contributed by atoms with E-state index in [-0.39, 0.29) is 0 Å². The Morgan fingerprint density at radius 2 is 2.08 bits per heavy atom. The largest absolute Gasteiger partial charge is 0.379 e. The highest BCUT2D eigenvalue weighted by Crippen LogP contribution is 1.99. The van der Waals surface area contributed by atoms with Gasteiger partial charge in [-0.3, -0.25) is 0 Å². The molecule has 74 valence electrons. The van der Waals surface area contributed by atoms with Gasteiger partial charge in [-0.25, -0.2) is 0 Å². The first-order valence-corrected chi connectivity index (χ1v) is 6.45. The molecular weight excluding hydrogens is 168 g/mol. The Morgan fingerprint density at radius 3 is 2.58 bits per heavy atom. The minimum atomic E-state index is 0.309. The minimum Gasteiger partial charge on any atom is -0.379 e. The fraction of sp³-hybridized carbons (Fsp3) is 1.00. The van der Waals surface area contributed by atoms with Gasteiger partial charge in [-0.05, 0) is 19.8 Å². The van der Waals surface area contributed by atoms with Crippen molar-refractivity contribution in [3.63, 3.8) is 0 Å². The molecule has 2 nitrogen and oxygen atoms in total. The van der Waals surface area contributed by atoms with Gasteiger partial charge in [0.05, 0.1) is 12.7 Å². The lowest BCUT2D eigenvalue weighted by Gasteiger charge is -2.14. The summed E-state index contributed by atoms with van der Waals surface area (Å²) in [6, 6.07) is 1.34. The zero-order valence-corrected chi connectivity index (χ0v) is 10.6. The predicted molar refractivity (Wildman–Crippen MR) is 55.9 cm³/mol. The summed E-state index contributed by atoms with van der Waals surface area (Å²) in [5, 5.41) is 0. The number of hydrogen-bond donors (Lipinski definition) is 0. The molecule has 0 aromatic rings. The standard InChI is InChI=1S/C9H22O2Si/c1-3-9(11-4-2)8-10-6-5-7-12/h9H,3-8H2,1-2,12H3. The van der Waals surface area contributed by atoms with Gasteiger partial charge < -0.3 is 9.47 Å². The second-order valence-corrected chi connectivity index (χ2v) is 3.91. The van der Waals surface area contributed by atoms with E-state index in [1.165, 1.54) is 22.7 Å². The Labute approximate surface area is 79.1 Å². The second kappa shape index (κ2) is 9.23. The molecule has 12 heavy (non-hydrogen) atoms. The van der Waals surface area contributed by atoms with E-state index in [9.17, 15) is 0 Å². The normalized spacial score (nSPS) is 13.5. The molecular formula is C9H22O2Si. The molecule has 0 saturated carbocycles. The van der Waals surface area contributed by atoms with Gasteiger partial charge in [0.1, 0.15) is 0 Å². The number of rotatable bonds is 8. The van der Waals surface area contributed by atoms with Crippen LogP contribution in [0.15, 0.2) is 0 Å². The molecule has 0 aromatic heterocycles. The summed E-state index contributed by atoms with van der Waals surface area (Å²) in [6.45, 7) is 6.64. The second-order valence-electron chi connectivity index (χ2n) is 2.91. The van der Waals surface area contributed by atoms with E-state index >= 15 is 0 Å². The zero-order valence-electron chi connectivity index (χ0n) is 8.64. The van der Waals surface area contributed by atoms with Crippen LogP contribution >= 0.6 is 0 Å². The van der Waals surface area contributed by atoms with E-state index in [1.807, 2.05) is 6.92 Å². The molecule has 0 spiro atoms. The molecule has 1 atom stereocenters. The van der Waals surface area contributed by atoms with Gasteiger partial charge in [0, 0.05) is 23.5 Å². The molecule has 0 radical (unpaired) electrons. The Morgan fingerprint density at radius 1 is 1.33 bits per heavy atom. The summed E-state index contributed by atoms with van der Waals surface area (Å²) in [5.41, 5.74) is 0. The van der Waals surface area contributed by atoms with E-state index < -0.39 is 0 Å². The Kier molecular flexibility index (Phi) is 9.33. The van der Waals surface area contributed by atoms with Gasteiger partial charge in [-0.2, -0.15) is 0 Å². The van der Waals surface area contributed by atoms with Gasteiger partial charge >= 0.3 is 0 Å². The van der Waals surface area contributed by atoms with E-state index in [0.29, 0.717) is 6.10 Å². The summed E-state index contributed by atoms with van der Waals surface area (Å²) < 4.78 is 10.9. The van der Waals surface area contributed by atoms with Crippen LogP contribution in [-0.4, -0.2) is 36.2 Å². The third-order valence-corrected chi connectivity index (χ3v) is 2.51. The van der Waals surface area contributed by atoms with E-state index in [0.717, 1.165) is 26.2 Å². The Bertz CT molecular complexity index is 88.6. The lowest BCUT2D eigenvalue weighted by molar-refractivity contribution is -0.0128. The lowest BCUT2D eigenvalue weighted by Crippen LogP contribution is -2.19. The average Bonchev–Trinajstić information content (AvgIpc) is 2.10. The lowest BCUT2D eigenvalue weighted by atomic mass is 10.3. The molecule has 0 bridgehead atoms. The maximum absolute atomic E-state index is 5.48. The highest BCUT2D eigenvalue weighted by atomic mass is 28.1. The van der Waals surface area contributed by atoms with Crippen LogP contribution in [-0.2, 0) is 9.47 Å². The van der Waals surface area contributed by atoms with Crippen molar-refractivity contribution in [3.05, 3.63) is 0 Å². The predicted octanol–water partition coefficient (Wildman–Crippen LogP) is 0.992. The molecule has 0 N–H and O–H groups in total. The first-order valence-electron chi connectivity index (χ1n) is 5.04. The van der Waals surface area contributed by atoms with E-state index in [1.54, 1.807) is 0 Å². The van der Waals surface area contributed by atoms with E-state index in [2.05, 4.69) is 6.92 Å². The Hall–Kier alpha value is 0.137. The fourth-order valence-corrected chi connectivity index (χ4v) is 1.27. The minimum absolute atomic E-state index is 0.309. The van der Waals surface area contributed by atoms with Crippen molar-refractivity contribution in [3.8, 4) is 0 Å². The summed E-state index contributed by atoms with van der Waals surface area (Å²) in [5.74, 6) is 0. The fourth-order valence-electron chi connectivity index (χ4n) is 0.981. The van der Waals surface area contributed by atoms with Gasteiger partial charge in [0.15, 0.2) is 0 Å². The van der Waals surface area contributed by atoms with Crippen molar-refractivity contribution in [1.82, 2.24) is 0 Å². The molecule has 0 aliphatic carbocycles. The van der Waals surface area contributed by atoms with Crippen molar-refractivity contribution >= 4 is 10.2 Å². The first-order chi connectivity index (χ1) is 5.85. The molecule has 0 aliphatic rings. The monoisotopic (exact) mass is 190 g/mol. The summed E-state index contributed by atoms with van der Waals surface area (Å²) in [6.07, 6.45) is 2.58. The smallest absolute Gasteiger partial charge is 0.0805 e. The molecule has 0 rings (SSSR count). The highest BCUT2D eigenvalue weighted by Gasteiger charge is 2.04. The number of ether oxygens (including phenoxy) is 2. The quantitative estimate of drug-likeness (QED) is 0.420. The van der Waals surface area contributed by atoms with Crippen LogP contribution in [0.1, 0.15) is 26.7 Å². The van der Waals surface area contributed by atoms with Crippen LogP contribution < -0.4 is 0 Å². The van der Waals surface area contributed by atoms with E-state index in [4.69, 9.17) is 9.47 Å². The third kappa shape index (κ3) is 6.82. The summed E-state index contributed by atoms with van der Waals surface area (Å²) in [4.78, 5) is 0. The average molecular weight is 190 g/mol. The maximum atomic E-state index is 5.48. The van der Waals surface area contributed by atoms with Crippen molar-refractivity contribution in [2.75, 3.05) is 19.8 Å². The van der Waals surface area contributed by atoms with Gasteiger partial charge in [0.2, 0.25) is 0 Å². The van der Waals surface area contributed by atoms with Crippen LogP contribution in [0.25, 0.3) is 0 Å². The highest BCUT2D eigenvalue weighted by molar-refractivity contribution is 6.08. The van der Waals surface area contributed by atoms with Gasteiger partial charge in [-0.15, -0.1) is 0 Å². The van der Waals surface area contributed by atoms with Crippen LogP contribution in [0.2, 0.25) is 6.04 Å². The molecule has 0 amide bonds. The van der Waals surface area contributed by atoms with Crippen molar-refractivity contribution in [2.45, 2.75) is 38.8 Å². The molecule has 3 heteroatoms. The number of hydrogen-bond acceptors (Lipinski definition) is 2. The van der Waals surface area contributed by atoms with Gasteiger partial charge in [0.25, 0.3) is 0 Å². The summed E-state index contributed by atoms with van der Waals surface area (Å²) >= 11 is 0. The summed E-state index contributed by atoms with van der Waals surface area (Å²) in [7, 11) is 1.29. The topological polar surface area (TPSA) is 18.5 Å². The maximum Gasteiger partial charge on any atom is 0.0805 e. The zero-order chi connectivity index (χ0) is 9.23.